The van der Waals surface area contributed by atoms with E-state index in [1.165, 1.54) is 0 Å². The molecule has 1 saturated heterocycles. The van der Waals surface area contributed by atoms with Crippen molar-refractivity contribution < 1.29 is 9.47 Å². The van der Waals surface area contributed by atoms with Gasteiger partial charge in [-0.05, 0) is 26.8 Å². The maximum atomic E-state index is 5.90. The van der Waals surface area contributed by atoms with Crippen molar-refractivity contribution in [1.82, 2.24) is 15.3 Å². The molecule has 2 heterocycles. The molecule has 2 unspecified atom stereocenters. The average Bonchev–Trinajstić information content (AvgIpc) is 2.40. The minimum atomic E-state index is 0.173. The SMILES string of the molecule is CCCNCc1cnc(OC2CC(C)OC(C)C2)cn1. The van der Waals surface area contributed by atoms with Crippen LogP contribution in [0, 0.1) is 0 Å². The van der Waals surface area contributed by atoms with E-state index in [9.17, 15) is 0 Å². The molecule has 1 aromatic heterocycles. The van der Waals surface area contributed by atoms with Crippen molar-refractivity contribution in [3.05, 3.63) is 18.1 Å². The minimum Gasteiger partial charge on any atom is -0.473 e. The van der Waals surface area contributed by atoms with Crippen LogP contribution in [0.1, 0.15) is 45.7 Å². The van der Waals surface area contributed by atoms with Gasteiger partial charge in [0.2, 0.25) is 5.88 Å². The van der Waals surface area contributed by atoms with Crippen LogP contribution in [0.4, 0.5) is 0 Å². The molecular weight excluding hydrogens is 254 g/mol. The van der Waals surface area contributed by atoms with E-state index in [1.54, 1.807) is 12.4 Å². The maximum absolute atomic E-state index is 5.90. The lowest BCUT2D eigenvalue weighted by Crippen LogP contribution is -2.35. The van der Waals surface area contributed by atoms with Gasteiger partial charge in [-0.3, -0.25) is 4.98 Å². The van der Waals surface area contributed by atoms with Gasteiger partial charge >= 0.3 is 0 Å². The molecule has 1 aliphatic rings. The van der Waals surface area contributed by atoms with Gasteiger partial charge in [-0.15, -0.1) is 0 Å². The van der Waals surface area contributed by atoms with Crippen molar-refractivity contribution in [2.75, 3.05) is 6.54 Å². The van der Waals surface area contributed by atoms with Crippen LogP contribution in [0.5, 0.6) is 5.88 Å². The van der Waals surface area contributed by atoms with Gasteiger partial charge in [0, 0.05) is 19.4 Å². The Balaban J connectivity index is 1.83. The van der Waals surface area contributed by atoms with Gasteiger partial charge in [0.15, 0.2) is 0 Å². The van der Waals surface area contributed by atoms with Crippen LogP contribution >= 0.6 is 0 Å². The molecular formula is C15H25N3O2. The summed E-state index contributed by atoms with van der Waals surface area (Å²) in [6.07, 6.45) is 7.10. The predicted molar refractivity (Wildman–Crippen MR) is 77.7 cm³/mol. The summed E-state index contributed by atoms with van der Waals surface area (Å²) in [6, 6.07) is 0. The first-order chi connectivity index (χ1) is 9.67. The van der Waals surface area contributed by atoms with Gasteiger partial charge in [0.1, 0.15) is 6.10 Å². The molecule has 20 heavy (non-hydrogen) atoms. The van der Waals surface area contributed by atoms with Crippen molar-refractivity contribution in [1.29, 1.82) is 0 Å². The summed E-state index contributed by atoms with van der Waals surface area (Å²) >= 11 is 0. The number of aromatic nitrogens is 2. The van der Waals surface area contributed by atoms with E-state index in [-0.39, 0.29) is 18.3 Å². The molecule has 0 spiro atoms. The lowest BCUT2D eigenvalue weighted by atomic mass is 10.0. The standard InChI is InChI=1S/C15H25N3O2/c1-4-5-16-8-13-9-18-15(10-17-13)20-14-6-11(2)19-12(3)7-14/h9-12,14,16H,4-8H2,1-3H3. The highest BCUT2D eigenvalue weighted by atomic mass is 16.5. The normalized spacial score (nSPS) is 26.4. The van der Waals surface area contributed by atoms with Gasteiger partial charge < -0.3 is 14.8 Å². The molecule has 2 atom stereocenters. The Morgan fingerprint density at radius 1 is 1.25 bits per heavy atom. The number of nitrogens with zero attached hydrogens (tertiary/aromatic N) is 2. The quantitative estimate of drug-likeness (QED) is 0.810. The number of hydrogen-bond donors (Lipinski definition) is 1. The third-order valence-corrected chi connectivity index (χ3v) is 3.36. The van der Waals surface area contributed by atoms with Gasteiger partial charge in [0.05, 0.1) is 30.3 Å². The van der Waals surface area contributed by atoms with Crippen molar-refractivity contribution in [3.8, 4) is 5.88 Å². The second-order valence-corrected chi connectivity index (χ2v) is 5.49. The second kappa shape index (κ2) is 7.55. The number of ether oxygens (including phenoxy) is 2. The maximum Gasteiger partial charge on any atom is 0.232 e. The number of nitrogens with one attached hydrogen (secondary N) is 1. The smallest absolute Gasteiger partial charge is 0.232 e. The zero-order valence-electron chi connectivity index (χ0n) is 12.6. The molecule has 0 radical (unpaired) electrons. The zero-order chi connectivity index (χ0) is 14.4. The van der Waals surface area contributed by atoms with E-state index in [2.05, 4.69) is 36.1 Å². The fourth-order valence-corrected chi connectivity index (χ4v) is 2.50. The first-order valence-corrected chi connectivity index (χ1v) is 7.51. The highest BCUT2D eigenvalue weighted by Gasteiger charge is 2.26. The third kappa shape index (κ3) is 4.72. The van der Waals surface area contributed by atoms with Gasteiger partial charge in [0.25, 0.3) is 0 Å². The Labute approximate surface area is 121 Å². The first-order valence-electron chi connectivity index (χ1n) is 7.51. The number of hydrogen-bond acceptors (Lipinski definition) is 5. The summed E-state index contributed by atoms with van der Waals surface area (Å²) in [5.74, 6) is 0.607. The average molecular weight is 279 g/mol. The third-order valence-electron chi connectivity index (χ3n) is 3.36. The van der Waals surface area contributed by atoms with Crippen LogP contribution in [0.2, 0.25) is 0 Å². The molecule has 0 amide bonds. The highest BCUT2D eigenvalue weighted by molar-refractivity contribution is 5.07. The van der Waals surface area contributed by atoms with Crippen molar-refractivity contribution >= 4 is 0 Å². The molecule has 0 aliphatic carbocycles. The molecule has 0 saturated carbocycles. The molecule has 5 heteroatoms. The zero-order valence-corrected chi connectivity index (χ0v) is 12.6. The predicted octanol–water partition coefficient (Wildman–Crippen LogP) is 2.31. The lowest BCUT2D eigenvalue weighted by molar-refractivity contribution is -0.0730. The number of rotatable bonds is 6. The minimum absolute atomic E-state index is 0.173. The summed E-state index contributed by atoms with van der Waals surface area (Å²) in [7, 11) is 0. The molecule has 1 aliphatic heterocycles. The Bertz CT molecular complexity index is 387. The molecule has 0 aromatic carbocycles. The second-order valence-electron chi connectivity index (χ2n) is 5.49. The van der Waals surface area contributed by atoms with Crippen LogP contribution in [0.3, 0.4) is 0 Å². The lowest BCUT2D eigenvalue weighted by Gasteiger charge is -2.31. The van der Waals surface area contributed by atoms with E-state index < -0.39 is 0 Å². The Morgan fingerprint density at radius 2 is 2.00 bits per heavy atom. The largest absolute Gasteiger partial charge is 0.473 e. The van der Waals surface area contributed by atoms with E-state index in [4.69, 9.17) is 9.47 Å². The van der Waals surface area contributed by atoms with Gasteiger partial charge in [-0.2, -0.15) is 0 Å². The highest BCUT2D eigenvalue weighted by Crippen LogP contribution is 2.22. The molecule has 1 aromatic rings. The van der Waals surface area contributed by atoms with E-state index in [0.29, 0.717) is 5.88 Å². The summed E-state index contributed by atoms with van der Waals surface area (Å²) in [5, 5.41) is 3.30. The van der Waals surface area contributed by atoms with Gasteiger partial charge in [-0.25, -0.2) is 4.98 Å². The van der Waals surface area contributed by atoms with Gasteiger partial charge in [-0.1, -0.05) is 6.92 Å². The summed E-state index contributed by atoms with van der Waals surface area (Å²) in [6.45, 7) is 8.07. The summed E-state index contributed by atoms with van der Waals surface area (Å²) in [5.41, 5.74) is 0.944. The molecule has 1 fully saturated rings. The molecule has 112 valence electrons. The first kappa shape index (κ1) is 15.2. The fourth-order valence-electron chi connectivity index (χ4n) is 2.50. The van der Waals surface area contributed by atoms with Crippen molar-refractivity contribution in [3.63, 3.8) is 0 Å². The monoisotopic (exact) mass is 279 g/mol. The van der Waals surface area contributed by atoms with Crippen LogP contribution in [0.15, 0.2) is 12.4 Å². The van der Waals surface area contributed by atoms with E-state index in [0.717, 1.165) is 38.0 Å². The van der Waals surface area contributed by atoms with Crippen molar-refractivity contribution in [2.24, 2.45) is 0 Å². The molecule has 0 bridgehead atoms. The van der Waals surface area contributed by atoms with Crippen molar-refractivity contribution in [2.45, 2.75) is 64.9 Å². The molecule has 1 N–H and O–H groups in total. The van der Waals surface area contributed by atoms with Crippen LogP contribution in [-0.4, -0.2) is 34.8 Å². The topological polar surface area (TPSA) is 56.3 Å². The van der Waals surface area contributed by atoms with Crippen LogP contribution in [0.25, 0.3) is 0 Å². The Hall–Kier alpha value is -1.20. The molecule has 2 rings (SSSR count). The Morgan fingerprint density at radius 3 is 2.60 bits per heavy atom. The summed E-state index contributed by atoms with van der Waals surface area (Å²) < 4.78 is 11.6. The van der Waals surface area contributed by atoms with E-state index >= 15 is 0 Å². The fraction of sp³-hybridized carbons (Fsp3) is 0.733. The summed E-state index contributed by atoms with van der Waals surface area (Å²) in [4.78, 5) is 8.71. The molecule has 5 nitrogen and oxygen atoms in total. The van der Waals surface area contributed by atoms with Crippen LogP contribution in [-0.2, 0) is 11.3 Å². The van der Waals surface area contributed by atoms with Crippen LogP contribution < -0.4 is 10.1 Å². The Kier molecular flexibility index (Phi) is 5.73. The van der Waals surface area contributed by atoms with E-state index in [1.807, 2.05) is 0 Å².